The number of nitrogens with two attached hydrogens (primary N) is 1. The molecule has 0 atom stereocenters. The van der Waals surface area contributed by atoms with E-state index in [1.54, 1.807) is 0 Å². The number of aliphatic hydroxyl groups is 1. The molecule has 17 heavy (non-hydrogen) atoms. The molecule has 2 rings (SSSR count). The first kappa shape index (κ1) is 12.6. The second-order valence-electron chi connectivity index (χ2n) is 4.97. The molecule has 0 unspecified atom stereocenters. The van der Waals surface area contributed by atoms with Crippen LogP contribution in [-0.2, 0) is 13.1 Å². The quantitative estimate of drug-likeness (QED) is 0.831. The first-order chi connectivity index (χ1) is 8.19. The van der Waals surface area contributed by atoms with Crippen molar-refractivity contribution in [2.45, 2.75) is 39.0 Å². The van der Waals surface area contributed by atoms with Crippen LogP contribution in [0.15, 0.2) is 18.2 Å². The molecule has 1 aliphatic rings. The van der Waals surface area contributed by atoms with Crippen LogP contribution in [0, 0.1) is 6.92 Å². The Bertz CT molecular complexity index is 370. The Hall–Kier alpha value is -0.900. The molecule has 3 nitrogen and oxygen atoms in total. The van der Waals surface area contributed by atoms with Crippen molar-refractivity contribution < 1.29 is 5.11 Å². The molecular formula is C14H22N2O. The van der Waals surface area contributed by atoms with Gasteiger partial charge in [0, 0.05) is 26.2 Å². The summed E-state index contributed by atoms with van der Waals surface area (Å²) >= 11 is 0. The maximum Gasteiger partial charge on any atom is 0.0564 e. The second-order valence-corrected chi connectivity index (χ2v) is 4.97. The van der Waals surface area contributed by atoms with Gasteiger partial charge in [-0.05, 0) is 36.5 Å². The minimum Gasteiger partial charge on any atom is -0.393 e. The van der Waals surface area contributed by atoms with Crippen molar-refractivity contribution >= 4 is 0 Å². The molecule has 0 bridgehead atoms. The zero-order chi connectivity index (χ0) is 12.3. The molecule has 0 aliphatic carbocycles. The van der Waals surface area contributed by atoms with E-state index in [-0.39, 0.29) is 6.10 Å². The third kappa shape index (κ3) is 3.28. The maximum atomic E-state index is 9.48. The summed E-state index contributed by atoms with van der Waals surface area (Å²) in [5, 5.41) is 9.48. The van der Waals surface area contributed by atoms with E-state index in [2.05, 4.69) is 30.0 Å². The van der Waals surface area contributed by atoms with Gasteiger partial charge in [0.1, 0.15) is 0 Å². The molecule has 94 valence electrons. The van der Waals surface area contributed by atoms with Crippen LogP contribution in [-0.4, -0.2) is 29.2 Å². The van der Waals surface area contributed by atoms with Crippen molar-refractivity contribution in [3.63, 3.8) is 0 Å². The van der Waals surface area contributed by atoms with Crippen molar-refractivity contribution in [3.8, 4) is 0 Å². The van der Waals surface area contributed by atoms with Crippen molar-refractivity contribution in [3.05, 3.63) is 34.9 Å². The van der Waals surface area contributed by atoms with Crippen LogP contribution >= 0.6 is 0 Å². The molecule has 0 radical (unpaired) electrons. The number of benzene rings is 1. The van der Waals surface area contributed by atoms with Gasteiger partial charge in [0.25, 0.3) is 0 Å². The SMILES string of the molecule is Cc1cc(CN)ccc1CN1CCC(O)CC1. The summed E-state index contributed by atoms with van der Waals surface area (Å²) in [5.41, 5.74) is 9.52. The van der Waals surface area contributed by atoms with Gasteiger partial charge in [0.05, 0.1) is 6.10 Å². The van der Waals surface area contributed by atoms with Gasteiger partial charge in [-0.1, -0.05) is 18.2 Å². The zero-order valence-corrected chi connectivity index (χ0v) is 10.5. The van der Waals surface area contributed by atoms with E-state index in [0.29, 0.717) is 6.54 Å². The fraction of sp³-hybridized carbons (Fsp3) is 0.571. The summed E-state index contributed by atoms with van der Waals surface area (Å²) in [5.74, 6) is 0. The summed E-state index contributed by atoms with van der Waals surface area (Å²) in [4.78, 5) is 2.41. The van der Waals surface area contributed by atoms with Gasteiger partial charge in [0.2, 0.25) is 0 Å². The Balaban J connectivity index is 1.99. The summed E-state index contributed by atoms with van der Waals surface area (Å²) in [7, 11) is 0. The first-order valence-corrected chi connectivity index (χ1v) is 6.38. The Morgan fingerprint density at radius 1 is 1.35 bits per heavy atom. The van der Waals surface area contributed by atoms with Gasteiger partial charge in [-0.2, -0.15) is 0 Å². The molecule has 1 aromatic carbocycles. The van der Waals surface area contributed by atoms with Crippen molar-refractivity contribution in [2.24, 2.45) is 5.73 Å². The maximum absolute atomic E-state index is 9.48. The van der Waals surface area contributed by atoms with Crippen LogP contribution in [0.4, 0.5) is 0 Å². The first-order valence-electron chi connectivity index (χ1n) is 6.38. The van der Waals surface area contributed by atoms with Gasteiger partial charge in [0.15, 0.2) is 0 Å². The zero-order valence-electron chi connectivity index (χ0n) is 10.5. The largest absolute Gasteiger partial charge is 0.393 e. The number of piperidine rings is 1. The molecule has 0 saturated carbocycles. The van der Waals surface area contributed by atoms with Gasteiger partial charge in [-0.15, -0.1) is 0 Å². The lowest BCUT2D eigenvalue weighted by Crippen LogP contribution is -2.35. The number of hydrogen-bond acceptors (Lipinski definition) is 3. The minimum atomic E-state index is -0.0908. The predicted octanol–water partition coefficient (Wildman–Crippen LogP) is 1.41. The Kier molecular flexibility index (Phi) is 4.15. The number of aryl methyl sites for hydroxylation is 1. The Morgan fingerprint density at radius 3 is 2.65 bits per heavy atom. The van der Waals surface area contributed by atoms with Crippen LogP contribution in [0.2, 0.25) is 0 Å². The highest BCUT2D eigenvalue weighted by molar-refractivity contribution is 5.31. The monoisotopic (exact) mass is 234 g/mol. The molecule has 1 fully saturated rings. The van der Waals surface area contributed by atoms with Crippen LogP contribution < -0.4 is 5.73 Å². The fourth-order valence-corrected chi connectivity index (χ4v) is 2.38. The predicted molar refractivity (Wildman–Crippen MR) is 69.6 cm³/mol. The average molecular weight is 234 g/mol. The molecule has 0 aromatic heterocycles. The normalized spacial score (nSPS) is 18.5. The number of aliphatic hydroxyl groups excluding tert-OH is 1. The van der Waals surface area contributed by atoms with Crippen LogP contribution in [0.25, 0.3) is 0 Å². The average Bonchev–Trinajstić information content (AvgIpc) is 2.34. The molecule has 1 aliphatic heterocycles. The molecule has 0 amide bonds. The fourth-order valence-electron chi connectivity index (χ4n) is 2.38. The van der Waals surface area contributed by atoms with E-state index in [1.807, 2.05) is 0 Å². The molecular weight excluding hydrogens is 212 g/mol. The van der Waals surface area contributed by atoms with Crippen LogP contribution in [0.3, 0.4) is 0 Å². The highest BCUT2D eigenvalue weighted by Gasteiger charge is 2.17. The number of nitrogens with zero attached hydrogens (tertiary/aromatic N) is 1. The summed E-state index contributed by atoms with van der Waals surface area (Å²) < 4.78 is 0. The van der Waals surface area contributed by atoms with E-state index in [4.69, 9.17) is 5.73 Å². The van der Waals surface area contributed by atoms with Gasteiger partial charge in [-0.25, -0.2) is 0 Å². The van der Waals surface area contributed by atoms with Crippen LogP contribution in [0.5, 0.6) is 0 Å². The van der Waals surface area contributed by atoms with Crippen molar-refractivity contribution in [2.75, 3.05) is 13.1 Å². The van der Waals surface area contributed by atoms with Crippen LogP contribution in [0.1, 0.15) is 29.5 Å². The lowest BCUT2D eigenvalue weighted by atomic mass is 10.0. The van der Waals surface area contributed by atoms with Crippen molar-refractivity contribution in [1.82, 2.24) is 4.90 Å². The second kappa shape index (κ2) is 5.63. The summed E-state index contributed by atoms with van der Waals surface area (Å²) in [6.45, 7) is 5.74. The molecule has 0 spiro atoms. The standard InChI is InChI=1S/C14H22N2O/c1-11-8-12(9-15)2-3-13(11)10-16-6-4-14(17)5-7-16/h2-3,8,14,17H,4-7,9-10,15H2,1H3. The molecule has 1 heterocycles. The van der Waals surface area contributed by atoms with E-state index in [1.165, 1.54) is 16.7 Å². The number of likely N-dealkylation sites (tertiary alicyclic amines) is 1. The lowest BCUT2D eigenvalue weighted by Gasteiger charge is -2.30. The highest BCUT2D eigenvalue weighted by atomic mass is 16.3. The third-order valence-electron chi connectivity index (χ3n) is 3.59. The van der Waals surface area contributed by atoms with E-state index in [0.717, 1.165) is 32.5 Å². The van der Waals surface area contributed by atoms with Gasteiger partial charge >= 0.3 is 0 Å². The number of hydrogen-bond donors (Lipinski definition) is 2. The molecule has 1 saturated heterocycles. The topological polar surface area (TPSA) is 49.5 Å². The molecule has 3 heteroatoms. The third-order valence-corrected chi connectivity index (χ3v) is 3.59. The van der Waals surface area contributed by atoms with Gasteiger partial charge in [-0.3, -0.25) is 4.90 Å². The van der Waals surface area contributed by atoms with Crippen molar-refractivity contribution in [1.29, 1.82) is 0 Å². The Morgan fingerprint density at radius 2 is 2.06 bits per heavy atom. The Labute approximate surface area is 103 Å². The van der Waals surface area contributed by atoms with Gasteiger partial charge < -0.3 is 10.8 Å². The van der Waals surface area contributed by atoms with E-state index in [9.17, 15) is 5.11 Å². The summed E-state index contributed by atoms with van der Waals surface area (Å²) in [6.07, 6.45) is 1.71. The summed E-state index contributed by atoms with van der Waals surface area (Å²) in [6, 6.07) is 6.47. The molecule has 3 N–H and O–H groups in total. The lowest BCUT2D eigenvalue weighted by molar-refractivity contribution is 0.0791. The number of rotatable bonds is 3. The molecule has 1 aromatic rings. The highest BCUT2D eigenvalue weighted by Crippen LogP contribution is 2.17. The van der Waals surface area contributed by atoms with E-state index >= 15 is 0 Å². The smallest absolute Gasteiger partial charge is 0.0564 e. The minimum absolute atomic E-state index is 0.0908. The van der Waals surface area contributed by atoms with E-state index < -0.39 is 0 Å².